The number of hydrogen-bond donors (Lipinski definition) is 1. The second-order valence-corrected chi connectivity index (χ2v) is 7.14. The summed E-state index contributed by atoms with van der Waals surface area (Å²) < 4.78 is 1.90. The molecule has 1 N–H and O–H groups in total. The van der Waals surface area contributed by atoms with E-state index >= 15 is 0 Å². The predicted octanol–water partition coefficient (Wildman–Crippen LogP) is 0.591. The lowest BCUT2D eigenvalue weighted by atomic mass is 9.98. The van der Waals surface area contributed by atoms with Crippen molar-refractivity contribution < 1.29 is 4.79 Å². The van der Waals surface area contributed by atoms with E-state index in [0.29, 0.717) is 18.5 Å². The van der Waals surface area contributed by atoms with Gasteiger partial charge in [0.2, 0.25) is 5.91 Å². The van der Waals surface area contributed by atoms with Gasteiger partial charge < -0.3 is 10.2 Å². The lowest BCUT2D eigenvalue weighted by Crippen LogP contribution is -2.49. The highest BCUT2D eigenvalue weighted by Crippen LogP contribution is 2.18. The number of hydrogen-bond acceptors (Lipinski definition) is 5. The van der Waals surface area contributed by atoms with Crippen LogP contribution in [-0.2, 0) is 11.3 Å². The number of aromatic nitrogens is 3. The third-order valence-corrected chi connectivity index (χ3v) is 5.28. The molecule has 2 aliphatic heterocycles. The van der Waals surface area contributed by atoms with Crippen molar-refractivity contribution in [3.8, 4) is 0 Å². The molecule has 0 aromatic carbocycles. The first-order chi connectivity index (χ1) is 11.7. The fourth-order valence-corrected chi connectivity index (χ4v) is 3.91. The molecule has 24 heavy (non-hydrogen) atoms. The third kappa shape index (κ3) is 5.01. The van der Waals surface area contributed by atoms with Crippen LogP contribution in [0.15, 0.2) is 12.7 Å². The number of piperidine rings is 2. The normalized spacial score (nSPS) is 24.1. The van der Waals surface area contributed by atoms with Gasteiger partial charge in [-0.2, -0.15) is 5.10 Å². The summed E-state index contributed by atoms with van der Waals surface area (Å²) in [6.07, 6.45) is 7.87. The minimum absolute atomic E-state index is 0.186. The van der Waals surface area contributed by atoms with E-state index in [0.717, 1.165) is 58.5 Å². The van der Waals surface area contributed by atoms with Crippen molar-refractivity contribution in [3.63, 3.8) is 0 Å². The van der Waals surface area contributed by atoms with Gasteiger partial charge in [-0.05, 0) is 44.7 Å². The molecule has 7 heteroatoms. The average Bonchev–Trinajstić information content (AvgIpc) is 3.09. The van der Waals surface area contributed by atoms with E-state index in [1.165, 1.54) is 6.42 Å². The summed E-state index contributed by atoms with van der Waals surface area (Å²) >= 11 is 0. The largest absolute Gasteiger partial charge is 0.352 e. The van der Waals surface area contributed by atoms with Gasteiger partial charge in [0, 0.05) is 32.2 Å². The van der Waals surface area contributed by atoms with Crippen LogP contribution in [0.25, 0.3) is 0 Å². The molecule has 1 aromatic rings. The van der Waals surface area contributed by atoms with Crippen LogP contribution in [0.3, 0.4) is 0 Å². The second kappa shape index (κ2) is 8.58. The van der Waals surface area contributed by atoms with Crippen molar-refractivity contribution in [1.29, 1.82) is 0 Å². The van der Waals surface area contributed by atoms with E-state index in [2.05, 4.69) is 32.1 Å². The number of carbonyl (C=O) groups is 1. The van der Waals surface area contributed by atoms with Crippen LogP contribution < -0.4 is 5.32 Å². The Bertz CT molecular complexity index is 497. The number of nitrogens with zero attached hydrogens (tertiary/aromatic N) is 5. The molecule has 0 bridgehead atoms. The molecule has 0 saturated carbocycles. The number of likely N-dealkylation sites (tertiary alicyclic amines) is 2. The van der Waals surface area contributed by atoms with Crippen LogP contribution >= 0.6 is 0 Å². The molecule has 1 atom stereocenters. The summed E-state index contributed by atoms with van der Waals surface area (Å²) in [5.41, 5.74) is 0. The molecule has 2 aliphatic rings. The summed E-state index contributed by atoms with van der Waals surface area (Å²) in [4.78, 5) is 21.1. The molecule has 0 spiro atoms. The van der Waals surface area contributed by atoms with Crippen molar-refractivity contribution in [2.75, 3.05) is 39.3 Å². The van der Waals surface area contributed by atoms with Crippen LogP contribution in [0.5, 0.6) is 0 Å². The minimum Gasteiger partial charge on any atom is -0.352 e. The van der Waals surface area contributed by atoms with Gasteiger partial charge >= 0.3 is 0 Å². The van der Waals surface area contributed by atoms with Gasteiger partial charge in [0.15, 0.2) is 0 Å². The van der Waals surface area contributed by atoms with E-state index < -0.39 is 0 Å². The Morgan fingerprint density at radius 3 is 2.75 bits per heavy atom. The number of amides is 1. The first kappa shape index (κ1) is 17.4. The second-order valence-electron chi connectivity index (χ2n) is 7.14. The maximum atomic E-state index is 12.4. The van der Waals surface area contributed by atoms with Gasteiger partial charge in [-0.15, -0.1) is 0 Å². The van der Waals surface area contributed by atoms with E-state index in [1.807, 2.05) is 4.68 Å². The number of carbonyl (C=O) groups excluding carboxylic acids is 1. The van der Waals surface area contributed by atoms with Gasteiger partial charge in [-0.1, -0.05) is 6.92 Å². The molecule has 3 rings (SSSR count). The molecule has 2 saturated heterocycles. The van der Waals surface area contributed by atoms with Crippen molar-refractivity contribution in [2.45, 2.75) is 45.2 Å². The smallest absolute Gasteiger partial charge is 0.234 e. The SMILES string of the molecule is CCN1CCC(NC(=O)CN2CCC[C@@H](Cn3cncn3)C2)CC1. The van der Waals surface area contributed by atoms with Crippen LogP contribution in [0.4, 0.5) is 0 Å². The number of nitrogens with one attached hydrogen (secondary N) is 1. The molecule has 0 aliphatic carbocycles. The Labute approximate surface area is 144 Å². The molecule has 2 fully saturated rings. The van der Waals surface area contributed by atoms with Crippen LogP contribution in [0.1, 0.15) is 32.6 Å². The molecule has 134 valence electrons. The summed E-state index contributed by atoms with van der Waals surface area (Å²) in [7, 11) is 0. The molecular weight excluding hydrogens is 304 g/mol. The van der Waals surface area contributed by atoms with Crippen molar-refractivity contribution >= 4 is 5.91 Å². The zero-order chi connectivity index (χ0) is 16.8. The first-order valence-corrected chi connectivity index (χ1v) is 9.29. The zero-order valence-electron chi connectivity index (χ0n) is 14.7. The number of rotatable bonds is 6. The van der Waals surface area contributed by atoms with Crippen molar-refractivity contribution in [3.05, 3.63) is 12.7 Å². The standard InChI is InChI=1S/C17H30N6O/c1-2-21-8-5-16(6-9-21)20-17(24)12-22-7-3-4-15(10-22)11-23-14-18-13-19-23/h13-16H,2-12H2,1H3,(H,20,24)/t15-/m1/s1. The van der Waals surface area contributed by atoms with Crippen LogP contribution in [0, 0.1) is 5.92 Å². The van der Waals surface area contributed by atoms with Crippen LogP contribution in [-0.4, -0.2) is 75.8 Å². The highest BCUT2D eigenvalue weighted by atomic mass is 16.2. The summed E-state index contributed by atoms with van der Waals surface area (Å²) in [5, 5.41) is 7.43. The molecule has 3 heterocycles. The van der Waals surface area contributed by atoms with E-state index in [4.69, 9.17) is 0 Å². The maximum absolute atomic E-state index is 12.4. The van der Waals surface area contributed by atoms with Crippen molar-refractivity contribution in [1.82, 2.24) is 29.9 Å². The zero-order valence-corrected chi connectivity index (χ0v) is 14.7. The average molecular weight is 334 g/mol. The Morgan fingerprint density at radius 1 is 1.21 bits per heavy atom. The molecule has 7 nitrogen and oxygen atoms in total. The minimum atomic E-state index is 0.186. The summed E-state index contributed by atoms with van der Waals surface area (Å²) in [6, 6.07) is 0.357. The Kier molecular flexibility index (Phi) is 6.20. The summed E-state index contributed by atoms with van der Waals surface area (Å²) in [5.74, 6) is 0.743. The van der Waals surface area contributed by atoms with Gasteiger partial charge in [0.05, 0.1) is 6.54 Å². The fourth-order valence-electron chi connectivity index (χ4n) is 3.91. The lowest BCUT2D eigenvalue weighted by Gasteiger charge is -2.34. The Hall–Kier alpha value is -1.47. The topological polar surface area (TPSA) is 66.3 Å². The molecule has 0 radical (unpaired) electrons. The van der Waals surface area contributed by atoms with Gasteiger partial charge in [0.25, 0.3) is 0 Å². The van der Waals surface area contributed by atoms with E-state index in [-0.39, 0.29) is 5.91 Å². The molecule has 1 aromatic heterocycles. The van der Waals surface area contributed by atoms with E-state index in [9.17, 15) is 4.79 Å². The Balaban J connectivity index is 1.39. The van der Waals surface area contributed by atoms with Crippen molar-refractivity contribution in [2.24, 2.45) is 5.92 Å². The predicted molar refractivity (Wildman–Crippen MR) is 92.5 cm³/mol. The highest BCUT2D eigenvalue weighted by molar-refractivity contribution is 5.78. The fraction of sp³-hybridized carbons (Fsp3) is 0.824. The third-order valence-electron chi connectivity index (χ3n) is 5.28. The summed E-state index contributed by atoms with van der Waals surface area (Å²) in [6.45, 7) is 8.94. The van der Waals surface area contributed by atoms with Gasteiger partial charge in [-0.25, -0.2) is 4.98 Å². The maximum Gasteiger partial charge on any atom is 0.234 e. The highest BCUT2D eigenvalue weighted by Gasteiger charge is 2.24. The van der Waals surface area contributed by atoms with E-state index in [1.54, 1.807) is 12.7 Å². The first-order valence-electron chi connectivity index (χ1n) is 9.29. The van der Waals surface area contributed by atoms with Crippen LogP contribution in [0.2, 0.25) is 0 Å². The molecule has 0 unspecified atom stereocenters. The Morgan fingerprint density at radius 2 is 2.04 bits per heavy atom. The van der Waals surface area contributed by atoms with Gasteiger partial charge in [0.1, 0.15) is 12.7 Å². The molecular formula is C17H30N6O. The lowest BCUT2D eigenvalue weighted by molar-refractivity contribution is -0.123. The quantitative estimate of drug-likeness (QED) is 0.825. The van der Waals surface area contributed by atoms with Gasteiger partial charge in [-0.3, -0.25) is 14.4 Å². The monoisotopic (exact) mass is 334 g/mol. The molecule has 1 amide bonds.